The van der Waals surface area contributed by atoms with Crippen molar-refractivity contribution in [3.05, 3.63) is 6.20 Å². The summed E-state index contributed by atoms with van der Waals surface area (Å²) < 4.78 is 25.4. The third kappa shape index (κ3) is 1.80. The molecule has 1 aromatic rings. The van der Waals surface area contributed by atoms with Crippen LogP contribution in [0.15, 0.2) is 11.2 Å². The summed E-state index contributed by atoms with van der Waals surface area (Å²) in [6.07, 6.45) is 1.22. The molecule has 0 spiro atoms. The van der Waals surface area contributed by atoms with Gasteiger partial charge in [-0.3, -0.25) is 9.48 Å². The number of anilines is 1. The number of carbonyl (C=O) groups excluding carboxylic acids is 1. The lowest BCUT2D eigenvalue weighted by molar-refractivity contribution is -0.123. The normalized spacial score (nSPS) is 11.4. The first-order valence-corrected chi connectivity index (χ1v) is 5.49. The average molecular weight is 232 g/mol. The third-order valence-electron chi connectivity index (χ3n) is 1.96. The predicted octanol–water partition coefficient (Wildman–Crippen LogP) is -0.831. The maximum Gasteiger partial charge on any atom is 0.285 e. The van der Waals surface area contributed by atoms with Gasteiger partial charge in [0.25, 0.3) is 10.0 Å². The minimum Gasteiger partial charge on any atom is -0.395 e. The lowest BCUT2D eigenvalue weighted by Gasteiger charge is -2.15. The average Bonchev–Trinajstić information content (AvgIpc) is 2.44. The SMILES string of the molecule is CC(=O)N(C)S(=O)(=O)c1c(N)cnn1C. The summed E-state index contributed by atoms with van der Waals surface area (Å²) in [5, 5.41) is 3.52. The van der Waals surface area contributed by atoms with Gasteiger partial charge in [0.2, 0.25) is 5.91 Å². The quantitative estimate of drug-likeness (QED) is 0.717. The number of amides is 1. The van der Waals surface area contributed by atoms with Crippen LogP contribution in [0, 0.1) is 0 Å². The Labute approximate surface area is 87.5 Å². The Kier molecular flexibility index (Phi) is 2.71. The Bertz CT molecular complexity index is 471. The third-order valence-corrected chi connectivity index (χ3v) is 3.93. The van der Waals surface area contributed by atoms with Crippen molar-refractivity contribution in [3.8, 4) is 0 Å². The number of hydrogen-bond donors (Lipinski definition) is 1. The van der Waals surface area contributed by atoms with Crippen molar-refractivity contribution in [2.75, 3.05) is 12.8 Å². The Morgan fingerprint density at radius 2 is 2.13 bits per heavy atom. The van der Waals surface area contributed by atoms with Crippen LogP contribution in [0.25, 0.3) is 0 Å². The Morgan fingerprint density at radius 3 is 2.47 bits per heavy atom. The second-order valence-corrected chi connectivity index (χ2v) is 4.90. The van der Waals surface area contributed by atoms with Crippen molar-refractivity contribution in [2.24, 2.45) is 7.05 Å². The highest BCUT2D eigenvalue weighted by molar-refractivity contribution is 7.89. The lowest BCUT2D eigenvalue weighted by Crippen LogP contribution is -2.32. The molecule has 0 aliphatic rings. The number of rotatable bonds is 2. The van der Waals surface area contributed by atoms with Crippen molar-refractivity contribution >= 4 is 21.6 Å². The molecular weight excluding hydrogens is 220 g/mol. The van der Waals surface area contributed by atoms with E-state index in [1.165, 1.54) is 20.3 Å². The molecule has 0 aliphatic heterocycles. The van der Waals surface area contributed by atoms with Crippen LogP contribution in [-0.2, 0) is 21.9 Å². The van der Waals surface area contributed by atoms with Crippen LogP contribution in [0.2, 0.25) is 0 Å². The highest BCUT2D eigenvalue weighted by Crippen LogP contribution is 2.19. The number of hydrogen-bond acceptors (Lipinski definition) is 5. The van der Waals surface area contributed by atoms with Gasteiger partial charge in [-0.05, 0) is 0 Å². The van der Waals surface area contributed by atoms with Gasteiger partial charge in [-0.15, -0.1) is 0 Å². The molecule has 0 saturated carbocycles. The van der Waals surface area contributed by atoms with Gasteiger partial charge in [0.15, 0.2) is 5.03 Å². The van der Waals surface area contributed by atoms with Crippen LogP contribution >= 0.6 is 0 Å². The summed E-state index contributed by atoms with van der Waals surface area (Å²) >= 11 is 0. The van der Waals surface area contributed by atoms with Gasteiger partial charge in [-0.25, -0.2) is 4.31 Å². The fourth-order valence-electron chi connectivity index (χ4n) is 1.06. The Hall–Kier alpha value is -1.57. The summed E-state index contributed by atoms with van der Waals surface area (Å²) in [4.78, 5) is 11.0. The molecule has 0 unspecified atom stereocenters. The van der Waals surface area contributed by atoms with Crippen molar-refractivity contribution in [1.82, 2.24) is 14.1 Å². The summed E-state index contributed by atoms with van der Waals surface area (Å²) in [7, 11) is -1.28. The van der Waals surface area contributed by atoms with Crippen LogP contribution in [0.5, 0.6) is 0 Å². The van der Waals surface area contributed by atoms with Gasteiger partial charge in [-0.1, -0.05) is 0 Å². The van der Waals surface area contributed by atoms with E-state index in [0.717, 1.165) is 11.6 Å². The van der Waals surface area contributed by atoms with E-state index in [4.69, 9.17) is 5.73 Å². The van der Waals surface area contributed by atoms with Crippen molar-refractivity contribution in [3.63, 3.8) is 0 Å². The molecule has 0 aliphatic carbocycles. The van der Waals surface area contributed by atoms with E-state index in [1.54, 1.807) is 0 Å². The van der Waals surface area contributed by atoms with E-state index in [9.17, 15) is 13.2 Å². The number of carbonyl (C=O) groups is 1. The van der Waals surface area contributed by atoms with Gasteiger partial charge in [-0.2, -0.15) is 13.5 Å². The molecule has 0 fully saturated rings. The molecular formula is C7H12N4O3S. The minimum absolute atomic E-state index is 0.0191. The molecule has 2 N–H and O–H groups in total. The fourth-order valence-corrected chi connectivity index (χ4v) is 2.39. The topological polar surface area (TPSA) is 98.3 Å². The largest absolute Gasteiger partial charge is 0.395 e. The van der Waals surface area contributed by atoms with E-state index in [2.05, 4.69) is 5.10 Å². The van der Waals surface area contributed by atoms with Crippen LogP contribution in [0.4, 0.5) is 5.69 Å². The van der Waals surface area contributed by atoms with E-state index >= 15 is 0 Å². The van der Waals surface area contributed by atoms with Crippen LogP contribution in [-0.4, -0.2) is 35.5 Å². The molecule has 1 rings (SSSR count). The van der Waals surface area contributed by atoms with Gasteiger partial charge in [0, 0.05) is 21.0 Å². The number of nitrogen functional groups attached to an aromatic ring is 1. The molecule has 7 nitrogen and oxygen atoms in total. The summed E-state index contributed by atoms with van der Waals surface area (Å²) in [5.41, 5.74) is 5.48. The first-order chi connectivity index (χ1) is 6.78. The van der Waals surface area contributed by atoms with Gasteiger partial charge < -0.3 is 5.73 Å². The molecule has 15 heavy (non-hydrogen) atoms. The number of aryl methyl sites for hydroxylation is 1. The first-order valence-electron chi connectivity index (χ1n) is 4.05. The molecule has 0 bridgehead atoms. The number of nitrogens with zero attached hydrogens (tertiary/aromatic N) is 3. The zero-order valence-electron chi connectivity index (χ0n) is 8.63. The highest BCUT2D eigenvalue weighted by atomic mass is 32.2. The number of nitrogens with two attached hydrogens (primary N) is 1. The van der Waals surface area contributed by atoms with Gasteiger partial charge in [0.05, 0.1) is 11.9 Å². The molecule has 84 valence electrons. The maximum atomic E-state index is 11.8. The molecule has 1 aromatic heterocycles. The van der Waals surface area contributed by atoms with E-state index < -0.39 is 15.9 Å². The molecule has 1 amide bonds. The molecule has 0 atom stereocenters. The summed E-state index contributed by atoms with van der Waals surface area (Å²) in [5.74, 6) is -0.587. The van der Waals surface area contributed by atoms with Crippen LogP contribution in [0.1, 0.15) is 6.92 Å². The van der Waals surface area contributed by atoms with E-state index in [1.807, 2.05) is 0 Å². The highest BCUT2D eigenvalue weighted by Gasteiger charge is 2.28. The molecule has 1 heterocycles. The Morgan fingerprint density at radius 1 is 1.60 bits per heavy atom. The van der Waals surface area contributed by atoms with E-state index in [-0.39, 0.29) is 10.7 Å². The monoisotopic (exact) mass is 232 g/mol. The van der Waals surface area contributed by atoms with Crippen molar-refractivity contribution in [2.45, 2.75) is 11.9 Å². The van der Waals surface area contributed by atoms with E-state index in [0.29, 0.717) is 4.31 Å². The smallest absolute Gasteiger partial charge is 0.285 e. The molecule has 8 heteroatoms. The number of sulfonamides is 1. The minimum atomic E-state index is -3.90. The van der Waals surface area contributed by atoms with Crippen LogP contribution < -0.4 is 5.73 Å². The zero-order chi connectivity index (χ0) is 11.8. The lowest BCUT2D eigenvalue weighted by atomic mass is 10.6. The zero-order valence-corrected chi connectivity index (χ0v) is 9.45. The maximum absolute atomic E-state index is 11.8. The number of aromatic nitrogens is 2. The molecule has 0 saturated heterocycles. The fraction of sp³-hybridized carbons (Fsp3) is 0.429. The molecule has 0 radical (unpaired) electrons. The van der Waals surface area contributed by atoms with Crippen molar-refractivity contribution < 1.29 is 13.2 Å². The first kappa shape index (κ1) is 11.5. The second-order valence-electron chi connectivity index (χ2n) is 3.02. The van der Waals surface area contributed by atoms with Gasteiger partial charge >= 0.3 is 0 Å². The predicted molar refractivity (Wildman–Crippen MR) is 53.3 cm³/mol. The van der Waals surface area contributed by atoms with Crippen LogP contribution in [0.3, 0.4) is 0 Å². The summed E-state index contributed by atoms with van der Waals surface area (Å²) in [6.45, 7) is 1.16. The van der Waals surface area contributed by atoms with Gasteiger partial charge in [0.1, 0.15) is 0 Å². The standard InChI is InChI=1S/C7H12N4O3S/c1-5(12)11(3)15(13,14)7-6(8)4-9-10(7)2/h4H,8H2,1-3H3. The Balaban J connectivity index is 3.35. The second kappa shape index (κ2) is 3.54. The summed E-state index contributed by atoms with van der Waals surface area (Å²) in [6, 6.07) is 0. The van der Waals surface area contributed by atoms with Crippen molar-refractivity contribution in [1.29, 1.82) is 0 Å². The molecule has 0 aromatic carbocycles.